The zero-order chi connectivity index (χ0) is 32.2. The minimum Gasteiger partial charge on any atom is -0.309 e. The highest BCUT2D eigenvalue weighted by Crippen LogP contribution is 2.37. The van der Waals surface area contributed by atoms with Gasteiger partial charge in [-0.15, -0.1) is 0 Å². The number of hydrogen-bond acceptors (Lipinski definition) is 3. The van der Waals surface area contributed by atoms with E-state index in [2.05, 4.69) is 112 Å². The van der Waals surface area contributed by atoms with Crippen molar-refractivity contribution in [1.82, 2.24) is 10.0 Å². The maximum atomic E-state index is 3.85. The Balaban J connectivity index is 0.000000740. The van der Waals surface area contributed by atoms with E-state index in [0.717, 1.165) is 25.9 Å². The van der Waals surface area contributed by atoms with Crippen LogP contribution in [0.2, 0.25) is 0 Å². The predicted octanol–water partition coefficient (Wildman–Crippen LogP) is 12.1. The fraction of sp³-hybridized carbons (Fsp3) is 0.463. The molecule has 0 radical (unpaired) electrons. The van der Waals surface area contributed by atoms with E-state index in [1.807, 2.05) is 62.2 Å². The van der Waals surface area contributed by atoms with Crippen molar-refractivity contribution in [2.24, 2.45) is 0 Å². The van der Waals surface area contributed by atoms with Crippen molar-refractivity contribution in [3.05, 3.63) is 125 Å². The van der Waals surface area contributed by atoms with Crippen LogP contribution in [0.3, 0.4) is 0 Å². The van der Waals surface area contributed by atoms with Crippen molar-refractivity contribution in [3.63, 3.8) is 0 Å². The lowest BCUT2D eigenvalue weighted by molar-refractivity contribution is 0.512. The first-order valence-electron chi connectivity index (χ1n) is 17.1. The molecule has 2 nitrogen and oxygen atoms in total. The van der Waals surface area contributed by atoms with E-state index in [4.69, 9.17) is 0 Å². The number of nitrogens with one attached hydrogen (secondary N) is 2. The molecule has 1 unspecified atom stereocenters. The molecule has 0 bridgehead atoms. The summed E-state index contributed by atoms with van der Waals surface area (Å²) in [4.78, 5) is 1.42. The zero-order valence-corrected chi connectivity index (χ0v) is 29.7. The molecule has 3 heteroatoms. The van der Waals surface area contributed by atoms with Gasteiger partial charge in [0, 0.05) is 17.5 Å². The Hall–Kier alpha value is -2.59. The normalized spacial score (nSPS) is 13.2. The lowest BCUT2D eigenvalue weighted by Crippen LogP contribution is -2.30. The molecule has 0 heterocycles. The van der Waals surface area contributed by atoms with Crippen LogP contribution in [0.4, 0.5) is 0 Å². The maximum Gasteiger partial charge on any atom is 0.0456 e. The second-order valence-electron chi connectivity index (χ2n) is 12.2. The van der Waals surface area contributed by atoms with Crippen LogP contribution in [-0.2, 0) is 0 Å². The van der Waals surface area contributed by atoms with Crippen molar-refractivity contribution in [2.75, 3.05) is 13.1 Å². The van der Waals surface area contributed by atoms with Gasteiger partial charge in [0.2, 0.25) is 0 Å². The van der Waals surface area contributed by atoms with E-state index < -0.39 is 0 Å². The number of benzene rings is 3. The maximum absolute atomic E-state index is 3.85. The van der Waals surface area contributed by atoms with E-state index in [9.17, 15) is 0 Å². The van der Waals surface area contributed by atoms with Crippen LogP contribution in [0.1, 0.15) is 134 Å². The third-order valence-corrected chi connectivity index (χ3v) is 8.80. The second-order valence-corrected chi connectivity index (χ2v) is 13.1. The number of rotatable bonds is 14. The van der Waals surface area contributed by atoms with Crippen LogP contribution < -0.4 is 10.0 Å². The van der Waals surface area contributed by atoms with Crippen LogP contribution in [0, 0.1) is 0 Å². The molecule has 1 aliphatic rings. The number of allylic oxidation sites excluding steroid dienone is 4. The molecular formula is C41H60N2S. The Morgan fingerprint density at radius 3 is 1.75 bits per heavy atom. The molecule has 240 valence electrons. The first kappa shape index (κ1) is 37.6. The lowest BCUT2D eigenvalue weighted by atomic mass is 9.89. The Bertz CT molecular complexity index is 1160. The summed E-state index contributed by atoms with van der Waals surface area (Å²) in [5, 5.41) is 3.85. The Morgan fingerprint density at radius 1 is 0.682 bits per heavy atom. The quantitative estimate of drug-likeness (QED) is 0.108. The molecule has 0 spiro atoms. The molecule has 0 aliphatic heterocycles. The smallest absolute Gasteiger partial charge is 0.0456 e. The van der Waals surface area contributed by atoms with E-state index in [1.165, 1.54) is 46.4 Å². The van der Waals surface area contributed by atoms with E-state index in [0.29, 0.717) is 23.8 Å². The van der Waals surface area contributed by atoms with Gasteiger partial charge < -0.3 is 5.32 Å². The molecule has 44 heavy (non-hydrogen) atoms. The summed E-state index contributed by atoms with van der Waals surface area (Å²) < 4.78 is 3.77. The van der Waals surface area contributed by atoms with Crippen LogP contribution in [0.25, 0.3) is 0 Å². The van der Waals surface area contributed by atoms with Crippen LogP contribution in [0.15, 0.2) is 108 Å². The predicted molar refractivity (Wildman–Crippen MR) is 198 cm³/mol. The highest BCUT2D eigenvalue weighted by atomic mass is 32.2. The molecular weight excluding hydrogens is 553 g/mol. The van der Waals surface area contributed by atoms with Crippen molar-refractivity contribution in [2.45, 2.75) is 116 Å². The standard InChI is InChI=1S/C33H48N2S.C6H6.C2H6/c1-24(2)29-21-30(25(3)4)33(31(22-29)26(5)6)36-35-23-32(28-18-11-8-12-19-28)34-20-14-13-17-27-15-9-7-10-16-27;1-2-4-6-5-3-1;1-2/h7-9,11-12,16,18-19,21-22,24-26,32,34-35H,10,13-15,17,20,23H2,1-6H3;1-6H;1-2H3. The fourth-order valence-electron chi connectivity index (χ4n) is 5.19. The van der Waals surface area contributed by atoms with Gasteiger partial charge in [-0.05, 0) is 90.6 Å². The molecule has 0 aromatic heterocycles. The zero-order valence-electron chi connectivity index (χ0n) is 28.9. The van der Waals surface area contributed by atoms with Crippen LogP contribution in [0.5, 0.6) is 0 Å². The molecule has 2 N–H and O–H groups in total. The van der Waals surface area contributed by atoms with Gasteiger partial charge in [-0.2, -0.15) is 0 Å². The summed E-state index contributed by atoms with van der Waals surface area (Å²) in [6, 6.07) is 28.1. The minimum absolute atomic E-state index is 0.301. The Morgan fingerprint density at radius 2 is 1.25 bits per heavy atom. The molecule has 0 saturated carbocycles. The van der Waals surface area contributed by atoms with E-state index >= 15 is 0 Å². The summed E-state index contributed by atoms with van der Waals surface area (Å²) in [6.45, 7) is 19.8. The summed E-state index contributed by atoms with van der Waals surface area (Å²) in [5.41, 5.74) is 7.36. The summed E-state index contributed by atoms with van der Waals surface area (Å²) in [7, 11) is 0. The molecule has 0 fully saturated rings. The van der Waals surface area contributed by atoms with Gasteiger partial charge in [0.05, 0.1) is 0 Å². The molecule has 1 aliphatic carbocycles. The van der Waals surface area contributed by atoms with Crippen LogP contribution in [-0.4, -0.2) is 13.1 Å². The number of unbranched alkanes of at least 4 members (excludes halogenated alkanes) is 1. The lowest BCUT2D eigenvalue weighted by Gasteiger charge is -2.24. The topological polar surface area (TPSA) is 24.1 Å². The highest BCUT2D eigenvalue weighted by molar-refractivity contribution is 7.97. The molecule has 3 aromatic rings. The molecule has 1 atom stereocenters. The van der Waals surface area contributed by atoms with Gasteiger partial charge in [0.15, 0.2) is 0 Å². The summed E-state index contributed by atoms with van der Waals surface area (Å²) in [5.74, 6) is 1.55. The average molecular weight is 613 g/mol. The Kier molecular flexibility index (Phi) is 18.8. The minimum atomic E-state index is 0.301. The van der Waals surface area contributed by atoms with Gasteiger partial charge in [0.25, 0.3) is 0 Å². The second kappa shape index (κ2) is 22.0. The van der Waals surface area contributed by atoms with Gasteiger partial charge in [-0.1, -0.05) is 158 Å². The Labute approximate surface area is 275 Å². The first-order chi connectivity index (χ1) is 21.4. The number of hydrogen-bond donors (Lipinski definition) is 2. The molecule has 4 rings (SSSR count). The summed E-state index contributed by atoms with van der Waals surface area (Å²) >= 11 is 1.83. The van der Waals surface area contributed by atoms with Crippen molar-refractivity contribution in [1.29, 1.82) is 0 Å². The van der Waals surface area contributed by atoms with Gasteiger partial charge >= 0.3 is 0 Å². The van der Waals surface area contributed by atoms with Gasteiger partial charge in [-0.25, -0.2) is 0 Å². The van der Waals surface area contributed by atoms with Crippen LogP contribution >= 0.6 is 11.9 Å². The summed E-state index contributed by atoms with van der Waals surface area (Å²) in [6.07, 6.45) is 13.0. The highest BCUT2D eigenvalue weighted by Gasteiger charge is 2.19. The molecule has 0 saturated heterocycles. The molecule has 0 amide bonds. The largest absolute Gasteiger partial charge is 0.309 e. The van der Waals surface area contributed by atoms with Gasteiger partial charge in [-0.3, -0.25) is 4.72 Å². The average Bonchev–Trinajstić information content (AvgIpc) is 3.06. The van der Waals surface area contributed by atoms with Crippen molar-refractivity contribution < 1.29 is 0 Å². The van der Waals surface area contributed by atoms with E-state index in [1.54, 1.807) is 5.57 Å². The first-order valence-corrected chi connectivity index (χ1v) is 17.9. The SMILES string of the molecule is CC.CC(C)c1cc(C(C)C)c(SNCC(NCCCCC2=CCC=CC2)c2ccccc2)c(C(C)C)c1.c1ccccc1. The van der Waals surface area contributed by atoms with Crippen molar-refractivity contribution in [3.8, 4) is 0 Å². The van der Waals surface area contributed by atoms with Gasteiger partial charge in [0.1, 0.15) is 0 Å². The monoisotopic (exact) mass is 612 g/mol. The third kappa shape index (κ3) is 13.6. The van der Waals surface area contributed by atoms with Crippen molar-refractivity contribution >= 4 is 11.9 Å². The molecule has 3 aromatic carbocycles. The van der Waals surface area contributed by atoms with E-state index in [-0.39, 0.29) is 0 Å². The fourth-order valence-corrected chi connectivity index (χ4v) is 6.41. The third-order valence-electron chi connectivity index (χ3n) is 7.81.